The summed E-state index contributed by atoms with van der Waals surface area (Å²) in [6.45, 7) is 0.0531. The van der Waals surface area contributed by atoms with Gasteiger partial charge in [0.1, 0.15) is 5.69 Å². The molecule has 4 nitrogen and oxygen atoms in total. The van der Waals surface area contributed by atoms with Crippen LogP contribution in [-0.4, -0.2) is 27.5 Å². The van der Waals surface area contributed by atoms with Gasteiger partial charge in [-0.25, -0.2) is 8.78 Å². The van der Waals surface area contributed by atoms with Crippen molar-refractivity contribution < 1.29 is 13.9 Å². The molecule has 0 saturated carbocycles. The maximum absolute atomic E-state index is 12.4. The number of alkyl halides is 2. The largest absolute Gasteiger partial charge is 0.391 e. The number of aryl methyl sites for hydroxylation is 1. The zero-order valence-electron chi connectivity index (χ0n) is 7.82. The molecule has 1 atom stereocenters. The summed E-state index contributed by atoms with van der Waals surface area (Å²) in [5, 5.41) is 12.8. The second-order valence-electron chi connectivity index (χ2n) is 3.11. The van der Waals surface area contributed by atoms with Crippen LogP contribution in [-0.2, 0) is 13.5 Å². The molecule has 80 valence electrons. The van der Waals surface area contributed by atoms with Gasteiger partial charge in [-0.1, -0.05) is 0 Å². The summed E-state index contributed by atoms with van der Waals surface area (Å²) in [5.41, 5.74) is 5.26. The lowest BCUT2D eigenvalue weighted by molar-refractivity contribution is 0.141. The van der Waals surface area contributed by atoms with Crippen LogP contribution in [0.2, 0.25) is 0 Å². The van der Waals surface area contributed by atoms with Crippen LogP contribution < -0.4 is 5.73 Å². The van der Waals surface area contributed by atoms with E-state index in [4.69, 9.17) is 5.73 Å². The fourth-order valence-corrected chi connectivity index (χ4v) is 1.23. The summed E-state index contributed by atoms with van der Waals surface area (Å²) in [6, 6.07) is 0. The third kappa shape index (κ3) is 2.49. The SMILES string of the molecule is Cn1cc(CC(O)CN)c(C(F)F)n1. The highest BCUT2D eigenvalue weighted by Crippen LogP contribution is 2.21. The molecule has 0 radical (unpaired) electrons. The maximum atomic E-state index is 12.4. The molecule has 1 rings (SSSR count). The van der Waals surface area contributed by atoms with E-state index >= 15 is 0 Å². The molecule has 0 aliphatic carbocycles. The average Bonchev–Trinajstić information content (AvgIpc) is 2.46. The fraction of sp³-hybridized carbons (Fsp3) is 0.625. The minimum absolute atomic E-state index is 0.0531. The number of hydrogen-bond acceptors (Lipinski definition) is 3. The number of nitrogens with two attached hydrogens (primary N) is 1. The predicted octanol–water partition coefficient (Wildman–Crippen LogP) is 0.220. The average molecular weight is 205 g/mol. The number of halogens is 2. The molecule has 0 fully saturated rings. The summed E-state index contributed by atoms with van der Waals surface area (Å²) < 4.78 is 26.1. The van der Waals surface area contributed by atoms with Gasteiger partial charge in [0.2, 0.25) is 0 Å². The van der Waals surface area contributed by atoms with Crippen molar-refractivity contribution in [3.8, 4) is 0 Å². The molecule has 0 aliphatic rings. The molecule has 6 heteroatoms. The van der Waals surface area contributed by atoms with E-state index in [2.05, 4.69) is 5.10 Å². The molecule has 1 unspecified atom stereocenters. The highest BCUT2D eigenvalue weighted by molar-refractivity contribution is 5.19. The predicted molar refractivity (Wildman–Crippen MR) is 46.9 cm³/mol. The van der Waals surface area contributed by atoms with Crippen molar-refractivity contribution in [3.63, 3.8) is 0 Å². The van der Waals surface area contributed by atoms with Gasteiger partial charge in [-0.2, -0.15) is 5.10 Å². The second kappa shape index (κ2) is 4.47. The van der Waals surface area contributed by atoms with Crippen LogP contribution in [0.1, 0.15) is 17.7 Å². The molecule has 0 bridgehead atoms. The zero-order chi connectivity index (χ0) is 10.7. The van der Waals surface area contributed by atoms with Crippen LogP contribution in [0.4, 0.5) is 8.78 Å². The first-order chi connectivity index (χ1) is 6.54. The summed E-state index contributed by atoms with van der Waals surface area (Å²) in [4.78, 5) is 0. The van der Waals surface area contributed by atoms with Gasteiger partial charge < -0.3 is 10.8 Å². The van der Waals surface area contributed by atoms with Crippen LogP contribution in [0.3, 0.4) is 0 Å². The van der Waals surface area contributed by atoms with Crippen molar-refractivity contribution in [1.82, 2.24) is 9.78 Å². The summed E-state index contributed by atoms with van der Waals surface area (Å²) >= 11 is 0. The highest BCUT2D eigenvalue weighted by atomic mass is 19.3. The third-order valence-corrected chi connectivity index (χ3v) is 1.87. The molecule has 1 heterocycles. The molecule has 0 aliphatic heterocycles. The van der Waals surface area contributed by atoms with Crippen molar-refractivity contribution in [2.45, 2.75) is 19.0 Å². The third-order valence-electron chi connectivity index (χ3n) is 1.87. The van der Waals surface area contributed by atoms with Gasteiger partial charge in [-0.3, -0.25) is 4.68 Å². The molecule has 1 aromatic rings. The zero-order valence-corrected chi connectivity index (χ0v) is 7.82. The number of hydrogen-bond donors (Lipinski definition) is 2. The topological polar surface area (TPSA) is 64.1 Å². The van der Waals surface area contributed by atoms with Gasteiger partial charge >= 0.3 is 0 Å². The van der Waals surface area contributed by atoms with Gasteiger partial charge in [-0.15, -0.1) is 0 Å². The molecular weight excluding hydrogens is 192 g/mol. The number of aromatic nitrogens is 2. The minimum atomic E-state index is -2.61. The first-order valence-electron chi connectivity index (χ1n) is 4.23. The number of aliphatic hydroxyl groups excluding tert-OH is 1. The van der Waals surface area contributed by atoms with Crippen LogP contribution in [0.25, 0.3) is 0 Å². The Bertz CT molecular complexity index is 301. The summed E-state index contributed by atoms with van der Waals surface area (Å²) in [7, 11) is 1.56. The van der Waals surface area contributed by atoms with Crippen molar-refractivity contribution in [1.29, 1.82) is 0 Å². The Morgan fingerprint density at radius 2 is 2.29 bits per heavy atom. The van der Waals surface area contributed by atoms with Crippen molar-refractivity contribution in [2.24, 2.45) is 12.8 Å². The quantitative estimate of drug-likeness (QED) is 0.739. The lowest BCUT2D eigenvalue weighted by Gasteiger charge is -2.06. The number of rotatable bonds is 4. The van der Waals surface area contributed by atoms with E-state index in [-0.39, 0.29) is 18.7 Å². The Morgan fingerprint density at radius 3 is 2.79 bits per heavy atom. The summed E-state index contributed by atoms with van der Waals surface area (Å²) in [6.07, 6.45) is -1.82. The Morgan fingerprint density at radius 1 is 1.64 bits per heavy atom. The molecule has 0 amide bonds. The van der Waals surface area contributed by atoms with Crippen LogP contribution in [0.5, 0.6) is 0 Å². The molecule has 14 heavy (non-hydrogen) atoms. The van der Waals surface area contributed by atoms with E-state index in [0.29, 0.717) is 5.56 Å². The van der Waals surface area contributed by atoms with Crippen LogP contribution in [0.15, 0.2) is 6.20 Å². The molecule has 0 saturated heterocycles. The van der Waals surface area contributed by atoms with Crippen LogP contribution in [0, 0.1) is 0 Å². The fourth-order valence-electron chi connectivity index (χ4n) is 1.23. The van der Waals surface area contributed by atoms with E-state index < -0.39 is 12.5 Å². The Labute approximate surface area is 80.3 Å². The Hall–Kier alpha value is -1.01. The van der Waals surface area contributed by atoms with E-state index in [0.717, 1.165) is 0 Å². The lowest BCUT2D eigenvalue weighted by atomic mass is 10.1. The molecule has 1 aromatic heterocycles. The van der Waals surface area contributed by atoms with Gasteiger partial charge in [0.25, 0.3) is 6.43 Å². The van der Waals surface area contributed by atoms with Gasteiger partial charge in [0.05, 0.1) is 6.10 Å². The molecular formula is C8H13F2N3O. The van der Waals surface area contributed by atoms with Gasteiger partial charge in [-0.05, 0) is 0 Å². The van der Waals surface area contributed by atoms with Crippen molar-refractivity contribution in [2.75, 3.05) is 6.54 Å². The van der Waals surface area contributed by atoms with Crippen LogP contribution >= 0.6 is 0 Å². The van der Waals surface area contributed by atoms with Gasteiger partial charge in [0.15, 0.2) is 0 Å². The monoisotopic (exact) mass is 205 g/mol. The molecule has 0 spiro atoms. The summed E-state index contributed by atoms with van der Waals surface area (Å²) in [5.74, 6) is 0. The number of nitrogens with zero attached hydrogens (tertiary/aromatic N) is 2. The Balaban J connectivity index is 2.84. The number of aliphatic hydroxyl groups is 1. The Kier molecular flexibility index (Phi) is 3.54. The van der Waals surface area contributed by atoms with E-state index in [9.17, 15) is 13.9 Å². The first-order valence-corrected chi connectivity index (χ1v) is 4.23. The standard InChI is InChI=1S/C8H13F2N3O/c1-13-4-5(2-6(14)3-11)7(12-13)8(9)10/h4,6,8,14H,2-3,11H2,1H3. The second-order valence-corrected chi connectivity index (χ2v) is 3.11. The molecule has 3 N–H and O–H groups in total. The van der Waals surface area contributed by atoms with Gasteiger partial charge in [0, 0.05) is 31.8 Å². The minimum Gasteiger partial charge on any atom is -0.391 e. The first kappa shape index (κ1) is 11.1. The maximum Gasteiger partial charge on any atom is 0.282 e. The van der Waals surface area contributed by atoms with E-state index in [1.165, 1.54) is 10.9 Å². The smallest absolute Gasteiger partial charge is 0.282 e. The normalized spacial score (nSPS) is 13.6. The highest BCUT2D eigenvalue weighted by Gasteiger charge is 2.18. The van der Waals surface area contributed by atoms with E-state index in [1.54, 1.807) is 7.05 Å². The van der Waals surface area contributed by atoms with Crippen molar-refractivity contribution in [3.05, 3.63) is 17.5 Å². The van der Waals surface area contributed by atoms with E-state index in [1.807, 2.05) is 0 Å². The lowest BCUT2D eigenvalue weighted by Crippen LogP contribution is -2.22. The van der Waals surface area contributed by atoms with Crippen molar-refractivity contribution >= 4 is 0 Å². The molecule has 0 aromatic carbocycles.